The minimum Gasteiger partial charge on any atom is -0.362 e. The van der Waals surface area contributed by atoms with Gasteiger partial charge < -0.3 is 10.3 Å². The van der Waals surface area contributed by atoms with Crippen LogP contribution in [0.15, 0.2) is 0 Å². The summed E-state index contributed by atoms with van der Waals surface area (Å²) in [6, 6.07) is 0. The Kier molecular flexibility index (Phi) is 5.24. The maximum absolute atomic E-state index is 5.59. The summed E-state index contributed by atoms with van der Waals surface area (Å²) < 4.78 is 5.25. The van der Waals surface area contributed by atoms with Gasteiger partial charge >= 0.3 is 0 Å². The van der Waals surface area contributed by atoms with Crippen LogP contribution in [0.2, 0.25) is 0 Å². The third-order valence-electron chi connectivity index (χ3n) is 1.77. The predicted octanol–water partition coefficient (Wildman–Crippen LogP) is 1.64. The highest BCUT2D eigenvalue weighted by Crippen LogP contribution is 2.40. The Bertz CT molecular complexity index is 87.7. The maximum Gasteiger partial charge on any atom is 0.0398 e. The molecule has 0 fully saturated rings. The van der Waals surface area contributed by atoms with Crippen molar-refractivity contribution in [2.45, 2.75) is 19.5 Å². The van der Waals surface area contributed by atoms with Crippen LogP contribution in [0.4, 0.5) is 0 Å². The van der Waals surface area contributed by atoms with Crippen LogP contribution in [0.1, 0.15) is 13.8 Å². The van der Waals surface area contributed by atoms with E-state index < -0.39 is 0 Å². The zero-order chi connectivity index (χ0) is 8.15. The molecule has 0 aromatic rings. The van der Waals surface area contributed by atoms with E-state index in [1.165, 1.54) is 0 Å². The Labute approximate surface area is 65.0 Å². The van der Waals surface area contributed by atoms with Gasteiger partial charge in [0.15, 0.2) is 0 Å². The predicted molar refractivity (Wildman–Crippen MR) is 47.5 cm³/mol. The van der Waals surface area contributed by atoms with Crippen molar-refractivity contribution in [2.24, 2.45) is 11.7 Å². The molecule has 0 aliphatic heterocycles. The molecule has 0 radical (unpaired) electrons. The molecule has 0 saturated carbocycles. The molecule has 3 heteroatoms. The van der Waals surface area contributed by atoms with Gasteiger partial charge in [0, 0.05) is 27.5 Å². The molecule has 2 atom stereocenters. The first kappa shape index (κ1) is 10.3. The molecule has 0 aromatic carbocycles. The van der Waals surface area contributed by atoms with Gasteiger partial charge in [-0.2, -0.15) is 0 Å². The molecule has 0 heterocycles. The average Bonchev–Trinajstić information content (AvgIpc) is 1.88. The van der Waals surface area contributed by atoms with Crippen molar-refractivity contribution >= 4 is 8.15 Å². The van der Waals surface area contributed by atoms with Crippen LogP contribution in [0, 0.1) is 5.92 Å². The third kappa shape index (κ3) is 2.96. The fourth-order valence-corrected chi connectivity index (χ4v) is 2.38. The van der Waals surface area contributed by atoms with Crippen molar-refractivity contribution in [3.05, 3.63) is 0 Å². The summed E-state index contributed by atoms with van der Waals surface area (Å²) in [5, 5.41) is 0. The van der Waals surface area contributed by atoms with Crippen molar-refractivity contribution < 1.29 is 4.52 Å². The van der Waals surface area contributed by atoms with E-state index in [9.17, 15) is 0 Å². The fraction of sp³-hybridized carbons (Fsp3) is 1.00. The number of nitrogens with two attached hydrogens (primary N) is 1. The lowest BCUT2D eigenvalue weighted by Crippen LogP contribution is -2.24. The molecule has 0 rings (SSSR count). The lowest BCUT2D eigenvalue weighted by Gasteiger charge is -2.24. The van der Waals surface area contributed by atoms with E-state index in [0.717, 1.165) is 6.54 Å². The van der Waals surface area contributed by atoms with E-state index in [1.807, 2.05) is 0 Å². The molecule has 2 N–H and O–H groups in total. The second-order valence-corrected chi connectivity index (χ2v) is 4.90. The van der Waals surface area contributed by atoms with Gasteiger partial charge in [-0.1, -0.05) is 13.8 Å². The molecule has 0 aliphatic carbocycles. The van der Waals surface area contributed by atoms with Crippen LogP contribution in [-0.2, 0) is 4.52 Å². The van der Waals surface area contributed by atoms with Crippen molar-refractivity contribution in [3.8, 4) is 0 Å². The zero-order valence-corrected chi connectivity index (χ0v) is 8.19. The summed E-state index contributed by atoms with van der Waals surface area (Å²) >= 11 is 0. The number of rotatable bonds is 4. The summed E-state index contributed by atoms with van der Waals surface area (Å²) in [4.78, 5) is 0. The second-order valence-electron chi connectivity index (χ2n) is 2.78. The molecule has 10 heavy (non-hydrogen) atoms. The number of hydrogen-bond donors (Lipinski definition) is 1. The highest BCUT2D eigenvalue weighted by atomic mass is 31.1. The Morgan fingerprint density at radius 3 is 2.10 bits per heavy atom. The minimum atomic E-state index is -0.306. The standard InChI is InChI=1S/C7H18NOP/c1-6(2)7(5-8)10(4)9-3/h6-7H,5,8H2,1-4H3. The molecular formula is C7H18NOP. The smallest absolute Gasteiger partial charge is 0.0398 e. The molecule has 0 aromatic heterocycles. The van der Waals surface area contributed by atoms with Crippen LogP contribution in [0.3, 0.4) is 0 Å². The molecule has 62 valence electrons. The van der Waals surface area contributed by atoms with Crippen molar-refractivity contribution in [1.82, 2.24) is 0 Å². The van der Waals surface area contributed by atoms with Gasteiger partial charge in [-0.25, -0.2) is 0 Å². The van der Waals surface area contributed by atoms with E-state index >= 15 is 0 Å². The first-order chi connectivity index (χ1) is 4.63. The highest BCUT2D eigenvalue weighted by Gasteiger charge is 2.18. The van der Waals surface area contributed by atoms with Gasteiger partial charge in [0.05, 0.1) is 0 Å². The quantitative estimate of drug-likeness (QED) is 0.639. The Hall–Kier alpha value is 0.350. The van der Waals surface area contributed by atoms with Gasteiger partial charge in [-0.05, 0) is 12.6 Å². The summed E-state index contributed by atoms with van der Waals surface area (Å²) in [5.41, 5.74) is 6.14. The van der Waals surface area contributed by atoms with Crippen LogP contribution in [0.25, 0.3) is 0 Å². The molecule has 0 bridgehead atoms. The normalized spacial score (nSPS) is 17.4. The van der Waals surface area contributed by atoms with Gasteiger partial charge in [0.25, 0.3) is 0 Å². The first-order valence-electron chi connectivity index (χ1n) is 3.60. The van der Waals surface area contributed by atoms with Gasteiger partial charge in [-0.3, -0.25) is 0 Å². The SMILES string of the molecule is COP(C)C(CN)C(C)C. The summed E-state index contributed by atoms with van der Waals surface area (Å²) in [6.45, 7) is 7.26. The number of hydrogen-bond acceptors (Lipinski definition) is 2. The Balaban J connectivity index is 3.80. The summed E-state index contributed by atoms with van der Waals surface area (Å²) in [5.74, 6) is 0.640. The van der Waals surface area contributed by atoms with Crippen LogP contribution in [0.5, 0.6) is 0 Å². The molecule has 0 amide bonds. The third-order valence-corrected chi connectivity index (χ3v) is 4.08. The van der Waals surface area contributed by atoms with Crippen LogP contribution in [-0.4, -0.2) is 26.0 Å². The topological polar surface area (TPSA) is 35.2 Å². The van der Waals surface area contributed by atoms with Crippen LogP contribution < -0.4 is 5.73 Å². The summed E-state index contributed by atoms with van der Waals surface area (Å²) in [7, 11) is 1.45. The molecule has 2 nitrogen and oxygen atoms in total. The summed E-state index contributed by atoms with van der Waals surface area (Å²) in [6.07, 6.45) is 0. The Morgan fingerprint density at radius 1 is 1.50 bits per heavy atom. The maximum atomic E-state index is 5.59. The van der Waals surface area contributed by atoms with Crippen LogP contribution >= 0.6 is 8.15 Å². The van der Waals surface area contributed by atoms with E-state index in [0.29, 0.717) is 11.6 Å². The first-order valence-corrected chi connectivity index (χ1v) is 5.38. The average molecular weight is 163 g/mol. The highest BCUT2D eigenvalue weighted by molar-refractivity contribution is 7.52. The molecule has 0 spiro atoms. The fourth-order valence-electron chi connectivity index (χ4n) is 0.976. The van der Waals surface area contributed by atoms with E-state index in [1.54, 1.807) is 7.11 Å². The Morgan fingerprint density at radius 2 is 2.00 bits per heavy atom. The lowest BCUT2D eigenvalue weighted by molar-refractivity contribution is 0.441. The van der Waals surface area contributed by atoms with Gasteiger partial charge in [0.2, 0.25) is 0 Å². The molecular weight excluding hydrogens is 145 g/mol. The van der Waals surface area contributed by atoms with E-state index in [2.05, 4.69) is 20.5 Å². The molecule has 2 unspecified atom stereocenters. The van der Waals surface area contributed by atoms with Gasteiger partial charge in [0.1, 0.15) is 0 Å². The monoisotopic (exact) mass is 163 g/mol. The van der Waals surface area contributed by atoms with Crippen molar-refractivity contribution in [3.63, 3.8) is 0 Å². The second kappa shape index (κ2) is 5.06. The van der Waals surface area contributed by atoms with Crippen molar-refractivity contribution in [1.29, 1.82) is 0 Å². The van der Waals surface area contributed by atoms with Gasteiger partial charge in [-0.15, -0.1) is 0 Å². The zero-order valence-electron chi connectivity index (χ0n) is 7.29. The largest absolute Gasteiger partial charge is 0.362 e. The van der Waals surface area contributed by atoms with E-state index in [4.69, 9.17) is 10.3 Å². The lowest BCUT2D eigenvalue weighted by atomic mass is 10.1. The molecule has 0 aliphatic rings. The van der Waals surface area contributed by atoms with E-state index in [-0.39, 0.29) is 8.15 Å². The van der Waals surface area contributed by atoms with Crippen molar-refractivity contribution in [2.75, 3.05) is 20.3 Å². The molecule has 0 saturated heterocycles. The minimum absolute atomic E-state index is 0.306.